The van der Waals surface area contributed by atoms with Crippen molar-refractivity contribution in [2.75, 3.05) is 17.6 Å². The van der Waals surface area contributed by atoms with E-state index < -0.39 is 5.91 Å². The van der Waals surface area contributed by atoms with Crippen molar-refractivity contribution in [2.24, 2.45) is 0 Å². The van der Waals surface area contributed by atoms with E-state index in [0.717, 1.165) is 4.90 Å². The maximum absolute atomic E-state index is 12.0. The van der Waals surface area contributed by atoms with Gasteiger partial charge in [0.05, 0.1) is 10.7 Å². The fourth-order valence-corrected chi connectivity index (χ4v) is 2.34. The Balaban J connectivity index is 2.03. The number of benzene rings is 1. The van der Waals surface area contributed by atoms with Gasteiger partial charge in [-0.2, -0.15) is 0 Å². The molecule has 21 heavy (non-hydrogen) atoms. The van der Waals surface area contributed by atoms with Gasteiger partial charge in [-0.25, -0.2) is 0 Å². The molecule has 0 aliphatic carbocycles. The highest BCUT2D eigenvalue weighted by atomic mass is 35.5. The number of amides is 3. The maximum atomic E-state index is 12.0. The Bertz CT molecular complexity index is 571. The molecule has 112 valence electrons. The molecule has 3 N–H and O–H groups in total. The number of nitrogens with one attached hydrogen (secondary N) is 1. The second-order valence-electron chi connectivity index (χ2n) is 4.87. The molecule has 1 saturated heterocycles. The van der Waals surface area contributed by atoms with Crippen LogP contribution in [0.2, 0.25) is 5.02 Å². The van der Waals surface area contributed by atoms with Crippen molar-refractivity contribution in [3.8, 4) is 0 Å². The van der Waals surface area contributed by atoms with Crippen LogP contribution in [0.1, 0.15) is 25.7 Å². The molecule has 0 aromatic heterocycles. The van der Waals surface area contributed by atoms with Crippen molar-refractivity contribution in [1.29, 1.82) is 0 Å². The summed E-state index contributed by atoms with van der Waals surface area (Å²) in [7, 11) is 0. The number of imide groups is 1. The van der Waals surface area contributed by atoms with E-state index >= 15 is 0 Å². The summed E-state index contributed by atoms with van der Waals surface area (Å²) in [4.78, 5) is 36.6. The van der Waals surface area contributed by atoms with Gasteiger partial charge in [0.1, 0.15) is 6.54 Å². The Kier molecular flexibility index (Phi) is 4.80. The topological polar surface area (TPSA) is 92.5 Å². The number of nitrogen functional groups attached to an aromatic ring is 1. The lowest BCUT2D eigenvalue weighted by Crippen LogP contribution is -2.41. The smallest absolute Gasteiger partial charge is 0.244 e. The molecule has 0 radical (unpaired) electrons. The van der Waals surface area contributed by atoms with E-state index in [-0.39, 0.29) is 18.4 Å². The number of nitrogens with two attached hydrogens (primary N) is 1. The zero-order valence-corrected chi connectivity index (χ0v) is 12.2. The molecular formula is C14H16ClN3O3. The van der Waals surface area contributed by atoms with Gasteiger partial charge in [0, 0.05) is 18.5 Å². The van der Waals surface area contributed by atoms with Gasteiger partial charge in [0.15, 0.2) is 0 Å². The van der Waals surface area contributed by atoms with Crippen LogP contribution in [0, 0.1) is 0 Å². The second kappa shape index (κ2) is 6.58. The molecule has 6 nitrogen and oxygen atoms in total. The number of hydrogen-bond donors (Lipinski definition) is 2. The van der Waals surface area contributed by atoms with Crippen LogP contribution >= 0.6 is 11.6 Å². The third-order valence-corrected chi connectivity index (χ3v) is 3.52. The molecular weight excluding hydrogens is 294 g/mol. The van der Waals surface area contributed by atoms with Gasteiger partial charge in [0.25, 0.3) is 0 Å². The summed E-state index contributed by atoms with van der Waals surface area (Å²) >= 11 is 5.96. The molecule has 0 bridgehead atoms. The van der Waals surface area contributed by atoms with Crippen LogP contribution in [0.15, 0.2) is 18.2 Å². The molecule has 1 heterocycles. The monoisotopic (exact) mass is 309 g/mol. The predicted octanol–water partition coefficient (Wildman–Crippen LogP) is 1.79. The molecule has 0 saturated carbocycles. The van der Waals surface area contributed by atoms with E-state index in [1.165, 1.54) is 6.07 Å². The summed E-state index contributed by atoms with van der Waals surface area (Å²) in [6, 6.07) is 4.69. The summed E-state index contributed by atoms with van der Waals surface area (Å²) in [5.74, 6) is -1.09. The number of hydrogen-bond acceptors (Lipinski definition) is 4. The first-order chi connectivity index (χ1) is 9.97. The summed E-state index contributed by atoms with van der Waals surface area (Å²) < 4.78 is 0. The van der Waals surface area contributed by atoms with Gasteiger partial charge in [0.2, 0.25) is 17.7 Å². The zero-order valence-electron chi connectivity index (χ0n) is 11.4. The number of likely N-dealkylation sites (tertiary alicyclic amines) is 1. The molecule has 1 aromatic rings. The Hall–Kier alpha value is -2.08. The number of nitrogens with zero attached hydrogens (tertiary/aromatic N) is 1. The van der Waals surface area contributed by atoms with Gasteiger partial charge < -0.3 is 11.1 Å². The van der Waals surface area contributed by atoms with Crippen LogP contribution < -0.4 is 11.1 Å². The standard InChI is InChI=1S/C14H16ClN3O3/c15-10-7-9(16)5-6-11(10)17-12(19)8-18-13(20)3-1-2-4-14(18)21/h5-7H,1-4,8,16H2,(H,17,19). The third kappa shape index (κ3) is 3.95. The second-order valence-corrected chi connectivity index (χ2v) is 5.28. The Morgan fingerprint density at radius 2 is 1.86 bits per heavy atom. The van der Waals surface area contributed by atoms with Crippen molar-refractivity contribution in [1.82, 2.24) is 4.90 Å². The highest BCUT2D eigenvalue weighted by Gasteiger charge is 2.26. The summed E-state index contributed by atoms with van der Waals surface area (Å²) in [5, 5.41) is 2.88. The Morgan fingerprint density at radius 1 is 1.24 bits per heavy atom. The van der Waals surface area contributed by atoms with E-state index in [1.807, 2.05) is 0 Å². The molecule has 1 fully saturated rings. The van der Waals surface area contributed by atoms with Crippen LogP contribution in [0.5, 0.6) is 0 Å². The summed E-state index contributed by atoms with van der Waals surface area (Å²) in [6.07, 6.45) is 1.93. The quantitative estimate of drug-likeness (QED) is 0.657. The zero-order chi connectivity index (χ0) is 15.4. The van der Waals surface area contributed by atoms with Gasteiger partial charge in [-0.05, 0) is 31.0 Å². The number of carbonyl (C=O) groups is 3. The van der Waals surface area contributed by atoms with E-state index in [2.05, 4.69) is 5.32 Å². The number of anilines is 2. The number of halogens is 1. The Morgan fingerprint density at radius 3 is 2.43 bits per heavy atom. The maximum Gasteiger partial charge on any atom is 0.244 e. The minimum Gasteiger partial charge on any atom is -0.399 e. The third-order valence-electron chi connectivity index (χ3n) is 3.20. The largest absolute Gasteiger partial charge is 0.399 e. The van der Waals surface area contributed by atoms with Crippen molar-refractivity contribution in [2.45, 2.75) is 25.7 Å². The lowest BCUT2D eigenvalue weighted by atomic mass is 10.2. The highest BCUT2D eigenvalue weighted by molar-refractivity contribution is 6.34. The number of carbonyl (C=O) groups excluding carboxylic acids is 3. The normalized spacial score (nSPS) is 15.8. The minimum absolute atomic E-state index is 0.293. The van der Waals surface area contributed by atoms with Gasteiger partial charge in [-0.3, -0.25) is 19.3 Å². The predicted molar refractivity (Wildman–Crippen MR) is 79.7 cm³/mol. The lowest BCUT2D eigenvalue weighted by Gasteiger charge is -2.18. The van der Waals surface area contributed by atoms with Gasteiger partial charge >= 0.3 is 0 Å². The van der Waals surface area contributed by atoms with Crippen LogP contribution in [0.3, 0.4) is 0 Å². The SMILES string of the molecule is Nc1ccc(NC(=O)CN2C(=O)CCCCC2=O)c(Cl)c1. The van der Waals surface area contributed by atoms with E-state index in [9.17, 15) is 14.4 Å². The molecule has 1 aromatic carbocycles. The van der Waals surface area contributed by atoms with Crippen molar-refractivity contribution in [3.05, 3.63) is 23.2 Å². The molecule has 0 unspecified atom stereocenters. The fraction of sp³-hybridized carbons (Fsp3) is 0.357. The van der Waals surface area contributed by atoms with E-state index in [1.54, 1.807) is 12.1 Å². The van der Waals surface area contributed by atoms with E-state index in [4.69, 9.17) is 17.3 Å². The molecule has 0 spiro atoms. The van der Waals surface area contributed by atoms with Crippen LogP contribution in [-0.2, 0) is 14.4 Å². The van der Waals surface area contributed by atoms with Crippen LogP contribution in [0.25, 0.3) is 0 Å². The van der Waals surface area contributed by atoms with Crippen LogP contribution in [-0.4, -0.2) is 29.2 Å². The Labute approximate surface area is 127 Å². The van der Waals surface area contributed by atoms with Crippen molar-refractivity contribution >= 4 is 40.7 Å². The first-order valence-corrected chi connectivity index (χ1v) is 7.03. The van der Waals surface area contributed by atoms with Gasteiger partial charge in [-0.1, -0.05) is 11.6 Å². The van der Waals surface area contributed by atoms with E-state index in [0.29, 0.717) is 42.1 Å². The highest BCUT2D eigenvalue weighted by Crippen LogP contribution is 2.24. The summed E-state index contributed by atoms with van der Waals surface area (Å²) in [6.45, 7) is -0.293. The fourth-order valence-electron chi connectivity index (χ4n) is 2.10. The minimum atomic E-state index is -0.467. The average Bonchev–Trinajstić information content (AvgIpc) is 2.57. The molecule has 7 heteroatoms. The lowest BCUT2D eigenvalue weighted by molar-refractivity contribution is -0.146. The van der Waals surface area contributed by atoms with Crippen molar-refractivity contribution < 1.29 is 14.4 Å². The average molecular weight is 310 g/mol. The summed E-state index contributed by atoms with van der Waals surface area (Å²) in [5.41, 5.74) is 6.44. The molecule has 2 rings (SSSR count). The van der Waals surface area contributed by atoms with Crippen molar-refractivity contribution in [3.63, 3.8) is 0 Å². The first kappa shape index (κ1) is 15.3. The van der Waals surface area contributed by atoms with Gasteiger partial charge in [-0.15, -0.1) is 0 Å². The molecule has 0 atom stereocenters. The first-order valence-electron chi connectivity index (χ1n) is 6.65. The molecule has 3 amide bonds. The number of rotatable bonds is 3. The van der Waals surface area contributed by atoms with Crippen LogP contribution in [0.4, 0.5) is 11.4 Å². The molecule has 1 aliphatic rings. The molecule has 1 aliphatic heterocycles.